The highest BCUT2D eigenvalue weighted by molar-refractivity contribution is 6.42. The Kier molecular flexibility index (Phi) is 6.59. The number of alkyl halides is 3. The van der Waals surface area contributed by atoms with Gasteiger partial charge in [-0.15, -0.1) is 0 Å². The van der Waals surface area contributed by atoms with Gasteiger partial charge in [0.1, 0.15) is 24.4 Å². The van der Waals surface area contributed by atoms with Crippen molar-refractivity contribution in [3.05, 3.63) is 46.5 Å². The van der Waals surface area contributed by atoms with Gasteiger partial charge in [-0.2, -0.15) is 13.2 Å². The monoisotopic (exact) mass is 586 g/mol. The van der Waals surface area contributed by atoms with Crippen molar-refractivity contribution < 1.29 is 36.6 Å². The van der Waals surface area contributed by atoms with Gasteiger partial charge in [0.2, 0.25) is 0 Å². The molecule has 3 aliphatic heterocycles. The molecule has 2 aromatic carbocycles. The number of carbonyl (C=O) groups is 1. The van der Waals surface area contributed by atoms with Crippen molar-refractivity contribution >= 4 is 51.5 Å². The number of halogens is 6. The molecule has 8 nitrogen and oxygen atoms in total. The van der Waals surface area contributed by atoms with Crippen LogP contribution in [-0.4, -0.2) is 65.5 Å². The van der Waals surface area contributed by atoms with Gasteiger partial charge in [-0.1, -0.05) is 23.2 Å². The molecule has 3 aromatic rings. The van der Waals surface area contributed by atoms with Gasteiger partial charge in [0.15, 0.2) is 17.3 Å². The second-order valence-electron chi connectivity index (χ2n) is 9.71. The van der Waals surface area contributed by atoms with E-state index in [2.05, 4.69) is 15.3 Å². The van der Waals surface area contributed by atoms with Crippen molar-refractivity contribution in [2.45, 2.75) is 24.8 Å². The number of amides is 1. The molecule has 3 atom stereocenters. The zero-order valence-corrected chi connectivity index (χ0v) is 21.5. The fourth-order valence-electron chi connectivity index (χ4n) is 5.09. The summed E-state index contributed by atoms with van der Waals surface area (Å²) < 4.78 is 71.1. The number of hydrogen-bond acceptors (Lipinski definition) is 7. The molecule has 4 fully saturated rings. The highest BCUT2D eigenvalue weighted by Crippen LogP contribution is 2.46. The molecule has 39 heavy (non-hydrogen) atoms. The van der Waals surface area contributed by atoms with Gasteiger partial charge in [-0.05, 0) is 24.6 Å². The zero-order valence-electron chi connectivity index (χ0n) is 20.0. The first kappa shape index (κ1) is 26.1. The molecule has 0 spiro atoms. The van der Waals surface area contributed by atoms with E-state index in [-0.39, 0.29) is 52.6 Å². The number of nitrogens with one attached hydrogen (secondary N) is 1. The minimum Gasteiger partial charge on any atom is -0.486 e. The van der Waals surface area contributed by atoms with Crippen LogP contribution in [0.25, 0.3) is 10.9 Å². The molecule has 1 amide bonds. The highest BCUT2D eigenvalue weighted by atomic mass is 35.5. The van der Waals surface area contributed by atoms with Gasteiger partial charge < -0.3 is 24.4 Å². The average Bonchev–Trinajstić information content (AvgIpc) is 2.88. The Balaban J connectivity index is 1.30. The van der Waals surface area contributed by atoms with Crippen LogP contribution in [0.4, 0.5) is 29.1 Å². The molecule has 2 bridgehead atoms. The summed E-state index contributed by atoms with van der Waals surface area (Å²) in [6, 6.07) is 6.18. The molecule has 1 saturated carbocycles. The minimum atomic E-state index is -4.92. The number of aromatic nitrogens is 2. The first-order valence-corrected chi connectivity index (χ1v) is 12.8. The van der Waals surface area contributed by atoms with Crippen molar-refractivity contribution in [3.63, 3.8) is 0 Å². The number of ether oxygens (including phenoxy) is 3. The van der Waals surface area contributed by atoms with Crippen LogP contribution in [0.5, 0.6) is 11.5 Å². The standard InChI is InChI=1S/C25H20Cl2F4N4O4/c26-15-1-2-16(21(28)20(15)27)34-23-14-4-18(19(38-13-8-37-9-13)5-17(14)32-10-33-23)39-22-11-3-12(22)7-35(6-11)24(36)25(29,30)31/h1-2,4-5,10-13,22H,3,6-9H2,(H,32,33,34)/t11-,12+,22?. The number of anilines is 2. The summed E-state index contributed by atoms with van der Waals surface area (Å²) in [6.45, 7) is 0.695. The van der Waals surface area contributed by atoms with Crippen LogP contribution in [0.2, 0.25) is 10.0 Å². The molecule has 4 aliphatic rings. The maximum Gasteiger partial charge on any atom is 0.471 e. The topological polar surface area (TPSA) is 85.8 Å². The van der Waals surface area contributed by atoms with Crippen LogP contribution in [0.3, 0.4) is 0 Å². The molecule has 14 heteroatoms. The Morgan fingerprint density at radius 3 is 2.46 bits per heavy atom. The predicted molar refractivity (Wildman–Crippen MR) is 133 cm³/mol. The van der Waals surface area contributed by atoms with Crippen LogP contribution in [0.15, 0.2) is 30.6 Å². The molecule has 0 radical (unpaired) electrons. The van der Waals surface area contributed by atoms with Gasteiger partial charge in [0.05, 0.1) is 34.5 Å². The number of nitrogens with zero attached hydrogens (tertiary/aromatic N) is 3. The van der Waals surface area contributed by atoms with Crippen LogP contribution in [-0.2, 0) is 9.53 Å². The van der Waals surface area contributed by atoms with Crippen molar-refractivity contribution in [2.75, 3.05) is 31.6 Å². The Bertz CT molecular complexity index is 1440. The Hall–Kier alpha value is -3.09. The Morgan fingerprint density at radius 2 is 1.79 bits per heavy atom. The Morgan fingerprint density at radius 1 is 1.08 bits per heavy atom. The first-order chi connectivity index (χ1) is 18.6. The van der Waals surface area contributed by atoms with E-state index in [1.807, 2.05) is 0 Å². The maximum absolute atomic E-state index is 14.7. The summed E-state index contributed by atoms with van der Waals surface area (Å²) in [5.74, 6) is -2.14. The lowest BCUT2D eigenvalue weighted by Crippen LogP contribution is -2.63. The highest BCUT2D eigenvalue weighted by Gasteiger charge is 2.53. The fourth-order valence-corrected chi connectivity index (χ4v) is 5.40. The average molecular weight is 587 g/mol. The SMILES string of the molecule is O=C(N1C[C@H]2C[C@@H](C1)C2Oc1cc2c(Nc3ccc(Cl)c(Cl)c3F)ncnc2cc1OC1COC1)C(F)(F)F. The number of rotatable bonds is 6. The summed E-state index contributed by atoms with van der Waals surface area (Å²) in [5, 5.41) is 3.21. The number of hydrogen-bond donors (Lipinski definition) is 1. The lowest BCUT2D eigenvalue weighted by atomic mass is 9.68. The van der Waals surface area contributed by atoms with Crippen molar-refractivity contribution in [1.82, 2.24) is 14.9 Å². The molecule has 1 N–H and O–H groups in total. The zero-order chi connectivity index (χ0) is 27.5. The summed E-state index contributed by atoms with van der Waals surface area (Å²) in [6.07, 6.45) is -3.57. The van der Waals surface area contributed by atoms with Gasteiger partial charge in [-0.3, -0.25) is 4.79 Å². The van der Waals surface area contributed by atoms with E-state index in [4.69, 9.17) is 37.4 Å². The molecule has 1 aliphatic carbocycles. The van der Waals surface area contributed by atoms with E-state index >= 15 is 0 Å². The fraction of sp³-hybridized carbons (Fsp3) is 0.400. The van der Waals surface area contributed by atoms with Crippen molar-refractivity contribution in [1.29, 1.82) is 0 Å². The van der Waals surface area contributed by atoms with E-state index in [9.17, 15) is 22.4 Å². The second kappa shape index (κ2) is 9.83. The van der Waals surface area contributed by atoms with Crippen LogP contribution in [0.1, 0.15) is 6.42 Å². The third kappa shape index (κ3) is 4.89. The molecule has 1 aromatic heterocycles. The van der Waals surface area contributed by atoms with Crippen molar-refractivity contribution in [3.8, 4) is 11.5 Å². The van der Waals surface area contributed by atoms with Gasteiger partial charge in [0, 0.05) is 36.4 Å². The predicted octanol–water partition coefficient (Wildman–Crippen LogP) is 5.38. The van der Waals surface area contributed by atoms with Crippen molar-refractivity contribution in [2.24, 2.45) is 11.8 Å². The summed E-state index contributed by atoms with van der Waals surface area (Å²) in [7, 11) is 0. The molecule has 1 unspecified atom stereocenters. The molecule has 206 valence electrons. The number of piperidine rings is 2. The maximum atomic E-state index is 14.7. The third-order valence-corrected chi connectivity index (χ3v) is 7.91. The minimum absolute atomic E-state index is 0.0433. The summed E-state index contributed by atoms with van der Waals surface area (Å²) >= 11 is 11.8. The van der Waals surface area contributed by atoms with E-state index in [1.54, 1.807) is 12.1 Å². The van der Waals surface area contributed by atoms with Crippen LogP contribution >= 0.6 is 23.2 Å². The van der Waals surface area contributed by atoms with Crippen LogP contribution in [0, 0.1) is 17.7 Å². The van der Waals surface area contributed by atoms with E-state index in [0.29, 0.717) is 42.0 Å². The third-order valence-electron chi connectivity index (χ3n) is 7.13. The number of benzene rings is 2. The Labute approximate surface area is 229 Å². The first-order valence-electron chi connectivity index (χ1n) is 12.0. The van der Waals surface area contributed by atoms with E-state index in [1.165, 1.54) is 18.5 Å². The molecule has 7 rings (SSSR count). The van der Waals surface area contributed by atoms with Gasteiger partial charge in [-0.25, -0.2) is 14.4 Å². The van der Waals surface area contributed by atoms with E-state index < -0.39 is 24.0 Å². The lowest BCUT2D eigenvalue weighted by molar-refractivity contribution is -0.196. The summed E-state index contributed by atoms with van der Waals surface area (Å²) in [5.41, 5.74) is 0.521. The van der Waals surface area contributed by atoms with E-state index in [0.717, 1.165) is 4.90 Å². The summed E-state index contributed by atoms with van der Waals surface area (Å²) in [4.78, 5) is 21.1. The smallest absolute Gasteiger partial charge is 0.471 e. The normalized spacial score (nSPS) is 22.7. The molecular weight excluding hydrogens is 567 g/mol. The quantitative estimate of drug-likeness (QED) is 0.306. The molecule has 3 saturated heterocycles. The molecule has 4 heterocycles. The number of fused-ring (bicyclic) bond motifs is 3. The van der Waals surface area contributed by atoms with Crippen LogP contribution < -0.4 is 14.8 Å². The van der Waals surface area contributed by atoms with Gasteiger partial charge in [0.25, 0.3) is 0 Å². The second-order valence-corrected chi connectivity index (χ2v) is 10.5. The lowest BCUT2D eigenvalue weighted by Gasteiger charge is -2.52. The van der Waals surface area contributed by atoms with Gasteiger partial charge >= 0.3 is 12.1 Å². The molecular formula is C25H20Cl2F4N4O4. The number of carbonyl (C=O) groups excluding carboxylic acids is 1. The largest absolute Gasteiger partial charge is 0.486 e.